The first-order valence-electron chi connectivity index (χ1n) is 16.1. The summed E-state index contributed by atoms with van der Waals surface area (Å²) >= 11 is 12.0. The van der Waals surface area contributed by atoms with Gasteiger partial charge in [0.25, 0.3) is 0 Å². The Labute approximate surface area is 288 Å². The second kappa shape index (κ2) is 14.1. The molecule has 4 aromatic heterocycles. The lowest BCUT2D eigenvalue weighted by atomic mass is 10.2. The van der Waals surface area contributed by atoms with Gasteiger partial charge in [0.2, 0.25) is 17.7 Å². The van der Waals surface area contributed by atoms with Crippen LogP contribution >= 0.6 is 23.2 Å². The maximum atomic E-state index is 6.01. The molecule has 12 nitrogen and oxygen atoms in total. The zero-order valence-corrected chi connectivity index (χ0v) is 28.3. The Morgan fingerprint density at radius 1 is 0.729 bits per heavy atom. The minimum Gasteiger partial charge on any atom is -0.340 e. The van der Waals surface area contributed by atoms with E-state index in [1.807, 2.05) is 44.4 Å². The average molecular weight is 682 g/mol. The third kappa shape index (κ3) is 7.32. The van der Waals surface area contributed by atoms with E-state index >= 15 is 0 Å². The van der Waals surface area contributed by atoms with Crippen LogP contribution in [0, 0.1) is 18.8 Å². The summed E-state index contributed by atoms with van der Waals surface area (Å²) < 4.78 is 1.71. The number of rotatable bonds is 5. The first-order valence-corrected chi connectivity index (χ1v) is 16.8. The number of hydrogen-bond acceptors (Lipinski definition) is 10. The summed E-state index contributed by atoms with van der Waals surface area (Å²) in [5.74, 6) is 9.23. The van der Waals surface area contributed by atoms with Crippen molar-refractivity contribution in [3.8, 4) is 11.8 Å². The highest BCUT2D eigenvalue weighted by Gasteiger charge is 2.18. The number of halogens is 2. The molecule has 48 heavy (non-hydrogen) atoms. The van der Waals surface area contributed by atoms with Crippen molar-refractivity contribution in [3.05, 3.63) is 81.4 Å². The van der Waals surface area contributed by atoms with E-state index < -0.39 is 0 Å². The molecule has 0 spiro atoms. The van der Waals surface area contributed by atoms with Crippen LogP contribution in [0.3, 0.4) is 0 Å². The third-order valence-corrected chi connectivity index (χ3v) is 8.79. The van der Waals surface area contributed by atoms with Gasteiger partial charge in [0, 0.05) is 55.9 Å². The fourth-order valence-corrected chi connectivity index (χ4v) is 6.06. The van der Waals surface area contributed by atoms with Crippen LogP contribution in [0.15, 0.2) is 42.6 Å². The van der Waals surface area contributed by atoms with Crippen molar-refractivity contribution in [1.29, 1.82) is 0 Å². The molecule has 8 rings (SSSR count). The van der Waals surface area contributed by atoms with Gasteiger partial charge in [0.05, 0.1) is 33.5 Å². The monoisotopic (exact) mass is 680 g/mol. The van der Waals surface area contributed by atoms with Crippen LogP contribution in [0.2, 0.25) is 10.0 Å². The molecule has 2 aliphatic rings. The van der Waals surface area contributed by atoms with Crippen LogP contribution in [0.5, 0.6) is 0 Å². The van der Waals surface area contributed by atoms with Crippen LogP contribution in [-0.2, 0) is 19.9 Å². The van der Waals surface area contributed by atoms with Crippen LogP contribution in [0.4, 0.5) is 11.9 Å². The molecule has 0 aliphatic carbocycles. The molecular weight excluding hydrogens is 647 g/mol. The molecule has 0 atom stereocenters. The molecule has 6 aromatic rings. The molecule has 2 fully saturated rings. The summed E-state index contributed by atoms with van der Waals surface area (Å²) in [6.45, 7) is 6.01. The largest absolute Gasteiger partial charge is 0.340 e. The summed E-state index contributed by atoms with van der Waals surface area (Å²) in [6, 6.07) is 11.0. The highest BCUT2D eigenvalue weighted by molar-refractivity contribution is 6.31. The fraction of sp³-hybridized carbons (Fsp3) is 0.353. The predicted octanol–water partition coefficient (Wildman–Crippen LogP) is 5.51. The predicted molar refractivity (Wildman–Crippen MR) is 188 cm³/mol. The summed E-state index contributed by atoms with van der Waals surface area (Å²) in [5.41, 5.74) is 5.56. The Kier molecular flexibility index (Phi) is 9.31. The number of benzene rings is 2. The molecule has 14 heteroatoms. The number of aromatic nitrogens is 10. The van der Waals surface area contributed by atoms with Gasteiger partial charge in [0.1, 0.15) is 11.5 Å². The Balaban J connectivity index is 0.000000152. The Morgan fingerprint density at radius 3 is 2.12 bits per heavy atom. The minimum atomic E-state index is 0.624. The smallest absolute Gasteiger partial charge is 0.245 e. The average Bonchev–Trinajstić information content (AvgIpc) is 3.91. The standard InChI is InChI=1S/C18H17ClN6.C16H17ClN6/c1-12-14(21-15-6-5-13(19)11-16(15)20-12)7-8-17-22-18(23-24(17)2)25-9-3-4-10-25;17-11-3-5-13-14(9-11)19-12(10-18-13)4-6-15-20-16(22-21-15)23-7-1-2-8-23/h5-6,11H,3-4,9-10H2,1-2H3;3,5,9-10H,1-2,4,6-8H2,(H,20,21,22). The van der Waals surface area contributed by atoms with Crippen molar-refractivity contribution in [2.75, 3.05) is 36.0 Å². The number of nitrogens with zero attached hydrogens (tertiary/aromatic N) is 11. The van der Waals surface area contributed by atoms with Gasteiger partial charge in [-0.25, -0.2) is 19.6 Å². The van der Waals surface area contributed by atoms with Gasteiger partial charge >= 0.3 is 0 Å². The van der Waals surface area contributed by atoms with E-state index in [1.165, 1.54) is 25.7 Å². The van der Waals surface area contributed by atoms with Gasteiger partial charge in [-0.2, -0.15) is 9.97 Å². The van der Waals surface area contributed by atoms with Crippen molar-refractivity contribution in [1.82, 2.24) is 49.9 Å². The maximum Gasteiger partial charge on any atom is 0.245 e. The fourth-order valence-electron chi connectivity index (χ4n) is 5.73. The highest BCUT2D eigenvalue weighted by Crippen LogP contribution is 2.20. The Bertz CT molecular complexity index is 2140. The molecule has 244 valence electrons. The molecule has 6 heterocycles. The molecular formula is C34H34Cl2N12. The van der Waals surface area contributed by atoms with Gasteiger partial charge in [-0.05, 0) is 87.3 Å². The van der Waals surface area contributed by atoms with E-state index in [0.29, 0.717) is 21.6 Å². The van der Waals surface area contributed by atoms with Crippen molar-refractivity contribution in [3.63, 3.8) is 0 Å². The van der Waals surface area contributed by atoms with E-state index in [4.69, 9.17) is 23.2 Å². The first-order chi connectivity index (χ1) is 23.4. The van der Waals surface area contributed by atoms with Crippen molar-refractivity contribution in [2.24, 2.45) is 7.05 Å². The number of hydrogen-bond donors (Lipinski definition) is 1. The van der Waals surface area contributed by atoms with Crippen LogP contribution in [0.1, 0.15) is 54.4 Å². The zero-order valence-electron chi connectivity index (χ0n) is 26.8. The first kappa shape index (κ1) is 31.7. The van der Waals surface area contributed by atoms with Gasteiger partial charge in [-0.15, -0.1) is 10.2 Å². The number of aromatic amines is 1. The molecule has 0 saturated carbocycles. The lowest BCUT2D eigenvalue weighted by Gasteiger charge is -2.10. The quantitative estimate of drug-likeness (QED) is 0.233. The van der Waals surface area contributed by atoms with E-state index in [2.05, 4.69) is 66.8 Å². The van der Waals surface area contributed by atoms with Gasteiger partial charge in [0.15, 0.2) is 0 Å². The molecule has 0 bridgehead atoms. The van der Waals surface area contributed by atoms with Crippen LogP contribution < -0.4 is 9.80 Å². The molecule has 0 amide bonds. The van der Waals surface area contributed by atoms with Gasteiger partial charge in [-0.1, -0.05) is 23.2 Å². The van der Waals surface area contributed by atoms with Crippen LogP contribution in [0.25, 0.3) is 22.1 Å². The lowest BCUT2D eigenvalue weighted by Crippen LogP contribution is -2.19. The van der Waals surface area contributed by atoms with E-state index in [1.54, 1.807) is 16.8 Å². The molecule has 2 aliphatic heterocycles. The molecule has 0 unspecified atom stereocenters. The maximum absolute atomic E-state index is 6.01. The summed E-state index contributed by atoms with van der Waals surface area (Å²) in [6.07, 6.45) is 8.17. The summed E-state index contributed by atoms with van der Waals surface area (Å²) in [4.78, 5) is 31.7. The number of fused-ring (bicyclic) bond motifs is 2. The normalized spacial score (nSPS) is 14.3. The van der Waals surface area contributed by atoms with E-state index in [0.717, 1.165) is 90.2 Å². The second-order valence-electron chi connectivity index (χ2n) is 11.9. The number of H-pyrrole nitrogens is 1. The third-order valence-electron chi connectivity index (χ3n) is 8.31. The van der Waals surface area contributed by atoms with Crippen LogP contribution in [-0.4, -0.2) is 76.1 Å². The minimum absolute atomic E-state index is 0.624. The van der Waals surface area contributed by atoms with Crippen molar-refractivity contribution in [2.45, 2.75) is 45.4 Å². The second-order valence-corrected chi connectivity index (χ2v) is 12.7. The van der Waals surface area contributed by atoms with E-state index in [-0.39, 0.29) is 0 Å². The molecule has 2 aromatic carbocycles. The molecule has 0 radical (unpaired) electrons. The van der Waals surface area contributed by atoms with Gasteiger partial charge < -0.3 is 9.80 Å². The summed E-state index contributed by atoms with van der Waals surface area (Å²) in [7, 11) is 1.86. The summed E-state index contributed by atoms with van der Waals surface area (Å²) in [5, 5.41) is 13.1. The molecule has 2 saturated heterocycles. The number of aryl methyl sites for hydroxylation is 4. The van der Waals surface area contributed by atoms with E-state index in [9.17, 15) is 0 Å². The highest BCUT2D eigenvalue weighted by atomic mass is 35.5. The number of nitrogens with one attached hydrogen (secondary N) is 1. The van der Waals surface area contributed by atoms with Gasteiger partial charge in [-0.3, -0.25) is 10.1 Å². The van der Waals surface area contributed by atoms with Crippen molar-refractivity contribution < 1.29 is 0 Å². The topological polar surface area (TPSA) is 130 Å². The van der Waals surface area contributed by atoms with Crippen molar-refractivity contribution >= 4 is 57.2 Å². The SMILES string of the molecule is Cc1nc2cc(Cl)ccc2nc1C#Cc1nc(N2CCCC2)nn1C.Clc1ccc2ncc(CCc3nc(N4CCCC4)n[nH]3)nc2c1. The lowest BCUT2D eigenvalue weighted by molar-refractivity contribution is 0.745. The Morgan fingerprint density at radius 2 is 1.40 bits per heavy atom. The molecule has 1 N–H and O–H groups in total. The number of anilines is 2. The Hall–Kier alpha value is -4.86. The zero-order chi connectivity index (χ0) is 33.0.